The molecule has 0 radical (unpaired) electrons. The van der Waals surface area contributed by atoms with Gasteiger partial charge in [0.25, 0.3) is 5.91 Å². The monoisotopic (exact) mass is 573 g/mol. The number of halogens is 1. The fraction of sp³-hybridized carbons (Fsp3) is 0.286. The van der Waals surface area contributed by atoms with Gasteiger partial charge in [0.15, 0.2) is 0 Å². The first kappa shape index (κ1) is 26.1. The summed E-state index contributed by atoms with van der Waals surface area (Å²) in [7, 11) is 0. The number of hydrogen-bond acceptors (Lipinski definition) is 5. The maximum Gasteiger partial charge on any atom is 0.255 e. The molecule has 8 heteroatoms. The summed E-state index contributed by atoms with van der Waals surface area (Å²) in [6, 6.07) is 23.0. The summed E-state index contributed by atoms with van der Waals surface area (Å²) in [5, 5.41) is 5.69. The minimum absolute atomic E-state index is 0.0847. The average Bonchev–Trinajstić information content (AvgIpc) is 3.29. The lowest BCUT2D eigenvalue weighted by Crippen LogP contribution is -2.39. The second-order valence-electron chi connectivity index (χ2n) is 12.0. The van der Waals surface area contributed by atoms with E-state index in [0.29, 0.717) is 32.2 Å². The number of para-hydroxylation sites is 1. The summed E-state index contributed by atoms with van der Waals surface area (Å²) in [4.78, 5) is 23.0. The van der Waals surface area contributed by atoms with E-state index in [-0.39, 0.29) is 23.1 Å². The zero-order chi connectivity index (χ0) is 29.1. The SMILES string of the molecule is Cc1cc2c(cnn2-c2ccc(F)cc2)cc1[C@@]12CN(C(=O)c3ccccc3N3CCOCC3)C[C@@H]1[C@H]2c1cccnc1. The lowest BCUT2D eigenvalue weighted by Gasteiger charge is -2.32. The fourth-order valence-corrected chi connectivity index (χ4v) is 7.69. The molecule has 2 saturated heterocycles. The van der Waals surface area contributed by atoms with Gasteiger partial charge in [-0.05, 0) is 84.1 Å². The molecular weight excluding hydrogens is 541 g/mol. The fourth-order valence-electron chi connectivity index (χ4n) is 7.69. The molecule has 216 valence electrons. The van der Waals surface area contributed by atoms with E-state index in [4.69, 9.17) is 4.74 Å². The van der Waals surface area contributed by atoms with Crippen LogP contribution < -0.4 is 4.90 Å². The minimum Gasteiger partial charge on any atom is -0.378 e. The van der Waals surface area contributed by atoms with Crippen molar-refractivity contribution >= 4 is 22.5 Å². The number of morpholine rings is 1. The molecule has 3 fully saturated rings. The predicted octanol–water partition coefficient (Wildman–Crippen LogP) is 5.51. The van der Waals surface area contributed by atoms with Crippen LogP contribution in [0.4, 0.5) is 10.1 Å². The third-order valence-corrected chi connectivity index (χ3v) is 9.68. The number of nitrogens with zero attached hydrogens (tertiary/aromatic N) is 5. The first-order valence-electron chi connectivity index (χ1n) is 14.9. The first-order chi connectivity index (χ1) is 21.0. The number of rotatable bonds is 5. The Morgan fingerprint density at radius 2 is 1.81 bits per heavy atom. The normalized spacial score (nSPS) is 23.0. The second kappa shape index (κ2) is 10.0. The van der Waals surface area contributed by atoms with Crippen LogP contribution in [0.15, 0.2) is 91.4 Å². The number of benzene rings is 3. The van der Waals surface area contributed by atoms with E-state index in [9.17, 15) is 9.18 Å². The zero-order valence-electron chi connectivity index (χ0n) is 24.0. The molecule has 3 atom stereocenters. The highest BCUT2D eigenvalue weighted by molar-refractivity contribution is 6.00. The van der Waals surface area contributed by atoms with Crippen LogP contribution in [0, 0.1) is 18.7 Å². The van der Waals surface area contributed by atoms with Gasteiger partial charge in [-0.3, -0.25) is 9.78 Å². The molecule has 0 N–H and O–H groups in total. The molecule has 3 aliphatic rings. The number of amides is 1. The van der Waals surface area contributed by atoms with Gasteiger partial charge in [-0.15, -0.1) is 0 Å². The van der Waals surface area contributed by atoms with Crippen LogP contribution in [0.1, 0.15) is 33.0 Å². The highest BCUT2D eigenvalue weighted by Gasteiger charge is 2.71. The smallest absolute Gasteiger partial charge is 0.255 e. The van der Waals surface area contributed by atoms with Crippen molar-refractivity contribution in [3.8, 4) is 5.69 Å². The van der Waals surface area contributed by atoms with Crippen LogP contribution in [0.2, 0.25) is 0 Å². The third kappa shape index (κ3) is 4.15. The molecule has 0 spiro atoms. The first-order valence-corrected chi connectivity index (χ1v) is 14.9. The standard InChI is InChI=1S/C35H32FN5O2/c1-23-17-32-25(20-38-41(32)27-10-8-26(36)9-11-27)18-29(23)35-22-40(21-30(35)33(35)24-5-4-12-37-19-24)34(42)28-6-2-3-7-31(28)39-13-15-43-16-14-39/h2-12,17-20,30,33H,13-16,21-22H2,1H3/t30-,33-,35+/m1/s1. The van der Waals surface area contributed by atoms with Crippen LogP contribution in [0.5, 0.6) is 0 Å². The Morgan fingerprint density at radius 3 is 2.60 bits per heavy atom. The Morgan fingerprint density at radius 1 is 1.00 bits per heavy atom. The summed E-state index contributed by atoms with van der Waals surface area (Å²) in [5.74, 6) is 0.385. The van der Waals surface area contributed by atoms with E-state index in [1.165, 1.54) is 23.3 Å². The topological polar surface area (TPSA) is 63.5 Å². The zero-order valence-corrected chi connectivity index (χ0v) is 24.0. The number of aryl methyl sites for hydroxylation is 1. The van der Waals surface area contributed by atoms with Crippen molar-refractivity contribution in [2.45, 2.75) is 18.3 Å². The van der Waals surface area contributed by atoms with Crippen molar-refractivity contribution in [3.05, 3.63) is 119 Å². The molecule has 1 aliphatic carbocycles. The maximum absolute atomic E-state index is 14.2. The molecular formula is C35H32FN5O2. The molecule has 1 amide bonds. The minimum atomic E-state index is -0.271. The van der Waals surface area contributed by atoms with Gasteiger partial charge >= 0.3 is 0 Å². The van der Waals surface area contributed by atoms with Gasteiger partial charge in [-0.1, -0.05) is 18.2 Å². The van der Waals surface area contributed by atoms with Gasteiger partial charge in [-0.2, -0.15) is 5.10 Å². The van der Waals surface area contributed by atoms with Crippen LogP contribution in [0.25, 0.3) is 16.6 Å². The molecule has 3 aromatic carbocycles. The lowest BCUT2D eigenvalue weighted by molar-refractivity contribution is 0.0768. The highest BCUT2D eigenvalue weighted by Crippen LogP contribution is 2.70. The van der Waals surface area contributed by atoms with Crippen LogP contribution >= 0.6 is 0 Å². The second-order valence-corrected chi connectivity index (χ2v) is 12.0. The van der Waals surface area contributed by atoms with Gasteiger partial charge < -0.3 is 14.5 Å². The van der Waals surface area contributed by atoms with Crippen molar-refractivity contribution < 1.29 is 13.9 Å². The van der Waals surface area contributed by atoms with E-state index in [1.807, 2.05) is 47.5 Å². The van der Waals surface area contributed by atoms with Gasteiger partial charge in [0.05, 0.1) is 36.2 Å². The number of pyridine rings is 1. The Kier molecular flexibility index (Phi) is 6.08. The molecule has 0 unspecified atom stereocenters. The molecule has 7 nitrogen and oxygen atoms in total. The number of fused-ring (bicyclic) bond motifs is 2. The number of carbonyl (C=O) groups is 1. The van der Waals surface area contributed by atoms with Crippen molar-refractivity contribution in [1.82, 2.24) is 19.7 Å². The number of likely N-dealkylation sites (tertiary alicyclic amines) is 1. The van der Waals surface area contributed by atoms with Gasteiger partial charge in [0.1, 0.15) is 5.82 Å². The van der Waals surface area contributed by atoms with Crippen LogP contribution in [0.3, 0.4) is 0 Å². The van der Waals surface area contributed by atoms with Crippen LogP contribution in [-0.4, -0.2) is 65.0 Å². The van der Waals surface area contributed by atoms with Gasteiger partial charge in [0, 0.05) is 61.0 Å². The molecule has 5 aromatic rings. The van der Waals surface area contributed by atoms with Gasteiger partial charge in [-0.25, -0.2) is 9.07 Å². The largest absolute Gasteiger partial charge is 0.378 e. The molecule has 2 aromatic heterocycles. The molecule has 0 bridgehead atoms. The van der Waals surface area contributed by atoms with Crippen LogP contribution in [-0.2, 0) is 10.2 Å². The Balaban J connectivity index is 1.17. The maximum atomic E-state index is 14.2. The Hall–Kier alpha value is -4.56. The number of ether oxygens (including phenoxy) is 1. The predicted molar refractivity (Wildman–Crippen MR) is 163 cm³/mol. The quantitative estimate of drug-likeness (QED) is 0.278. The highest BCUT2D eigenvalue weighted by atomic mass is 19.1. The Bertz CT molecular complexity index is 1830. The van der Waals surface area contributed by atoms with E-state index < -0.39 is 0 Å². The molecule has 1 saturated carbocycles. The summed E-state index contributed by atoms with van der Waals surface area (Å²) in [5.41, 5.74) is 6.97. The number of anilines is 1. The molecule has 2 aliphatic heterocycles. The van der Waals surface area contributed by atoms with Crippen molar-refractivity contribution in [3.63, 3.8) is 0 Å². The van der Waals surface area contributed by atoms with E-state index in [2.05, 4.69) is 51.1 Å². The summed E-state index contributed by atoms with van der Waals surface area (Å²) in [6.45, 7) is 6.40. The summed E-state index contributed by atoms with van der Waals surface area (Å²) >= 11 is 0. The van der Waals surface area contributed by atoms with Crippen molar-refractivity contribution in [1.29, 1.82) is 0 Å². The molecule has 43 heavy (non-hydrogen) atoms. The number of hydrogen-bond donors (Lipinski definition) is 0. The third-order valence-electron chi connectivity index (χ3n) is 9.68. The number of piperidine rings is 1. The lowest BCUT2D eigenvalue weighted by atomic mass is 9.86. The number of carbonyl (C=O) groups excluding carboxylic acids is 1. The summed E-state index contributed by atoms with van der Waals surface area (Å²) < 4.78 is 21.0. The molecule has 4 heterocycles. The van der Waals surface area contributed by atoms with Gasteiger partial charge in [0.2, 0.25) is 0 Å². The van der Waals surface area contributed by atoms with Crippen molar-refractivity contribution in [2.24, 2.45) is 5.92 Å². The summed E-state index contributed by atoms with van der Waals surface area (Å²) in [6.07, 6.45) is 5.67. The number of aromatic nitrogens is 3. The molecule has 8 rings (SSSR count). The van der Waals surface area contributed by atoms with E-state index in [0.717, 1.165) is 46.5 Å². The van der Waals surface area contributed by atoms with E-state index >= 15 is 0 Å². The average molecular weight is 574 g/mol. The Labute approximate surface area is 249 Å². The van der Waals surface area contributed by atoms with E-state index in [1.54, 1.807) is 12.1 Å². The van der Waals surface area contributed by atoms with Crippen molar-refractivity contribution in [2.75, 3.05) is 44.3 Å².